The highest BCUT2D eigenvalue weighted by Gasteiger charge is 2.41. The molecule has 0 aliphatic heterocycles. The van der Waals surface area contributed by atoms with Crippen molar-refractivity contribution in [3.63, 3.8) is 0 Å². The summed E-state index contributed by atoms with van der Waals surface area (Å²) in [5, 5.41) is 8.87. The molecule has 2 bridgehead atoms. The van der Waals surface area contributed by atoms with Crippen molar-refractivity contribution in [1.82, 2.24) is 0 Å². The highest BCUT2D eigenvalue weighted by atomic mass is 16.4. The van der Waals surface area contributed by atoms with E-state index in [4.69, 9.17) is 5.11 Å². The maximum Gasteiger partial charge on any atom is 0.306 e. The maximum atomic E-state index is 11.6. The van der Waals surface area contributed by atoms with Crippen molar-refractivity contribution in [1.29, 1.82) is 0 Å². The molecule has 3 nitrogen and oxygen atoms in total. The van der Waals surface area contributed by atoms with Gasteiger partial charge in [-0.25, -0.2) is 0 Å². The van der Waals surface area contributed by atoms with Crippen molar-refractivity contribution in [2.75, 3.05) is 0 Å². The lowest BCUT2D eigenvalue weighted by Crippen LogP contribution is -2.38. The van der Waals surface area contributed by atoms with Gasteiger partial charge in [-0.3, -0.25) is 9.59 Å². The number of hydrogen-bond acceptors (Lipinski definition) is 2. The predicted octanol–water partition coefficient (Wildman–Crippen LogP) is 1.47. The van der Waals surface area contributed by atoms with Crippen LogP contribution in [0.5, 0.6) is 0 Å². The zero-order valence-corrected chi connectivity index (χ0v) is 7.53. The van der Waals surface area contributed by atoms with E-state index in [0.29, 0.717) is 18.6 Å². The number of rotatable bonds is 1. The Morgan fingerprint density at radius 1 is 1.23 bits per heavy atom. The Morgan fingerprint density at radius 3 is 2.23 bits per heavy atom. The Kier molecular flexibility index (Phi) is 2.10. The Bertz CT molecular complexity index is 231. The Balaban J connectivity index is 2.11. The molecular formula is C10H14O3. The van der Waals surface area contributed by atoms with E-state index in [9.17, 15) is 9.59 Å². The van der Waals surface area contributed by atoms with Crippen LogP contribution < -0.4 is 0 Å². The molecule has 3 heteroatoms. The number of ketones is 1. The number of carbonyl (C=O) groups excluding carboxylic acids is 1. The largest absolute Gasteiger partial charge is 0.481 e. The Hall–Kier alpha value is -0.860. The molecule has 2 saturated carbocycles. The van der Waals surface area contributed by atoms with Gasteiger partial charge >= 0.3 is 5.97 Å². The van der Waals surface area contributed by atoms with E-state index in [2.05, 4.69) is 0 Å². The quantitative estimate of drug-likeness (QED) is 0.668. The fraction of sp³-hybridized carbons (Fsp3) is 0.800. The summed E-state index contributed by atoms with van der Waals surface area (Å²) < 4.78 is 0. The molecular weight excluding hydrogens is 168 g/mol. The number of hydrogen-bond donors (Lipinski definition) is 1. The number of carboxylic acid groups (broad SMARTS) is 1. The van der Waals surface area contributed by atoms with Gasteiger partial charge in [-0.05, 0) is 25.7 Å². The Morgan fingerprint density at radius 2 is 1.77 bits per heavy atom. The number of carbonyl (C=O) groups is 2. The first-order chi connectivity index (χ1) is 6.18. The monoisotopic (exact) mass is 182 g/mol. The van der Waals surface area contributed by atoms with E-state index in [1.165, 1.54) is 0 Å². The summed E-state index contributed by atoms with van der Waals surface area (Å²) in [6.07, 6.45) is 4.11. The summed E-state index contributed by atoms with van der Waals surface area (Å²) >= 11 is 0. The molecule has 0 spiro atoms. The minimum Gasteiger partial charge on any atom is -0.481 e. The molecule has 0 heterocycles. The zero-order valence-electron chi connectivity index (χ0n) is 7.53. The van der Waals surface area contributed by atoms with Gasteiger partial charge in [-0.15, -0.1) is 0 Å². The Labute approximate surface area is 77.1 Å². The zero-order chi connectivity index (χ0) is 9.42. The molecule has 13 heavy (non-hydrogen) atoms. The first-order valence-electron chi connectivity index (χ1n) is 4.95. The third-order valence-corrected chi connectivity index (χ3v) is 3.40. The van der Waals surface area contributed by atoms with Crippen LogP contribution in [0, 0.1) is 17.8 Å². The van der Waals surface area contributed by atoms with Crippen molar-refractivity contribution in [2.45, 2.75) is 32.1 Å². The lowest BCUT2D eigenvalue weighted by molar-refractivity contribution is -0.147. The molecule has 0 amide bonds. The molecule has 0 aromatic heterocycles. The average molecular weight is 182 g/mol. The van der Waals surface area contributed by atoms with Crippen LogP contribution in [0.4, 0.5) is 0 Å². The third kappa shape index (κ3) is 1.47. The van der Waals surface area contributed by atoms with Crippen molar-refractivity contribution in [3.8, 4) is 0 Å². The molecule has 2 fully saturated rings. The maximum absolute atomic E-state index is 11.6. The van der Waals surface area contributed by atoms with Crippen LogP contribution in [0.1, 0.15) is 32.1 Å². The van der Waals surface area contributed by atoms with Crippen LogP contribution >= 0.6 is 0 Å². The van der Waals surface area contributed by atoms with Crippen LogP contribution in [-0.2, 0) is 9.59 Å². The molecule has 3 atom stereocenters. The number of aliphatic carboxylic acids is 1. The minimum absolute atomic E-state index is 0.0635. The standard InChI is InChI=1S/C10H14O3/c11-9-6-2-1-3-7(9)5-8(4-6)10(12)13/h6-8H,1-5H2,(H,12,13)/t6-,7+,8-. The summed E-state index contributed by atoms with van der Waals surface area (Å²) in [6.45, 7) is 0. The van der Waals surface area contributed by atoms with Crippen molar-refractivity contribution < 1.29 is 14.7 Å². The van der Waals surface area contributed by atoms with Gasteiger partial charge in [0.15, 0.2) is 0 Å². The number of fused-ring (bicyclic) bond motifs is 2. The summed E-state index contributed by atoms with van der Waals surface area (Å²) in [4.78, 5) is 22.4. The summed E-state index contributed by atoms with van der Waals surface area (Å²) in [5.41, 5.74) is 0. The van der Waals surface area contributed by atoms with E-state index in [1.807, 2.05) is 0 Å². The first kappa shape index (κ1) is 8.73. The predicted molar refractivity (Wildman–Crippen MR) is 46.2 cm³/mol. The van der Waals surface area contributed by atoms with Crippen LogP contribution in [0.2, 0.25) is 0 Å². The van der Waals surface area contributed by atoms with Gasteiger partial charge in [0.1, 0.15) is 5.78 Å². The highest BCUT2D eigenvalue weighted by molar-refractivity contribution is 5.86. The van der Waals surface area contributed by atoms with Gasteiger partial charge in [0.05, 0.1) is 5.92 Å². The molecule has 1 N–H and O–H groups in total. The van der Waals surface area contributed by atoms with E-state index in [-0.39, 0.29) is 17.8 Å². The van der Waals surface area contributed by atoms with Crippen molar-refractivity contribution in [3.05, 3.63) is 0 Å². The second kappa shape index (κ2) is 3.13. The molecule has 0 aromatic rings. The lowest BCUT2D eigenvalue weighted by atomic mass is 9.67. The summed E-state index contributed by atoms with van der Waals surface area (Å²) in [6, 6.07) is 0. The first-order valence-corrected chi connectivity index (χ1v) is 4.95. The van der Waals surface area contributed by atoms with Gasteiger partial charge in [0, 0.05) is 11.8 Å². The molecule has 72 valence electrons. The minimum atomic E-state index is -0.718. The molecule has 2 aliphatic rings. The summed E-state index contributed by atoms with van der Waals surface area (Å²) in [7, 11) is 0. The SMILES string of the molecule is O=C(O)[C@@H]1C[C@H]2CCC[C@@H](C1)C2=O. The molecule has 0 unspecified atom stereocenters. The molecule has 0 saturated heterocycles. The smallest absolute Gasteiger partial charge is 0.306 e. The third-order valence-electron chi connectivity index (χ3n) is 3.40. The normalized spacial score (nSPS) is 38.8. The topological polar surface area (TPSA) is 54.4 Å². The lowest BCUT2D eigenvalue weighted by Gasteiger charge is -2.35. The van der Waals surface area contributed by atoms with Crippen LogP contribution in [0.25, 0.3) is 0 Å². The second-order valence-electron chi connectivity index (χ2n) is 4.23. The van der Waals surface area contributed by atoms with Gasteiger partial charge in [-0.2, -0.15) is 0 Å². The fourth-order valence-corrected chi connectivity index (χ4v) is 2.68. The van der Waals surface area contributed by atoms with Gasteiger partial charge in [-0.1, -0.05) is 6.42 Å². The van der Waals surface area contributed by atoms with Gasteiger partial charge in [0.25, 0.3) is 0 Å². The van der Waals surface area contributed by atoms with Crippen molar-refractivity contribution >= 4 is 11.8 Å². The van der Waals surface area contributed by atoms with Crippen LogP contribution in [-0.4, -0.2) is 16.9 Å². The molecule has 0 aromatic carbocycles. The van der Waals surface area contributed by atoms with Crippen LogP contribution in [0.3, 0.4) is 0 Å². The van der Waals surface area contributed by atoms with E-state index in [0.717, 1.165) is 19.3 Å². The second-order valence-corrected chi connectivity index (χ2v) is 4.23. The molecule has 0 radical (unpaired) electrons. The van der Waals surface area contributed by atoms with E-state index in [1.54, 1.807) is 0 Å². The van der Waals surface area contributed by atoms with Gasteiger partial charge in [0.2, 0.25) is 0 Å². The van der Waals surface area contributed by atoms with Crippen LogP contribution in [0.15, 0.2) is 0 Å². The fourth-order valence-electron chi connectivity index (χ4n) is 2.68. The van der Waals surface area contributed by atoms with Gasteiger partial charge < -0.3 is 5.11 Å². The number of Topliss-reactive ketones (excluding diaryl/α,β-unsaturated/α-hetero) is 1. The molecule has 2 rings (SSSR count). The molecule has 2 aliphatic carbocycles. The number of carboxylic acids is 1. The van der Waals surface area contributed by atoms with Crippen molar-refractivity contribution in [2.24, 2.45) is 17.8 Å². The average Bonchev–Trinajstić information content (AvgIpc) is 2.02. The highest BCUT2D eigenvalue weighted by Crippen LogP contribution is 2.39. The van der Waals surface area contributed by atoms with E-state index >= 15 is 0 Å². The summed E-state index contributed by atoms with van der Waals surface area (Å²) in [5.74, 6) is -0.511. The van der Waals surface area contributed by atoms with E-state index < -0.39 is 5.97 Å².